The molecule has 1 aromatic heterocycles. The fourth-order valence-electron chi connectivity index (χ4n) is 1.99. The van der Waals surface area contributed by atoms with Crippen LogP contribution in [0.4, 0.5) is 0 Å². The van der Waals surface area contributed by atoms with Gasteiger partial charge < -0.3 is 4.42 Å². The highest BCUT2D eigenvalue weighted by atomic mass is 79.9. The molecule has 0 N–H and O–H groups in total. The van der Waals surface area contributed by atoms with Gasteiger partial charge in [-0.15, -0.1) is 0 Å². The fraction of sp³-hybridized carbons (Fsp3) is 0.462. The van der Waals surface area contributed by atoms with Gasteiger partial charge in [0.05, 0.1) is 0 Å². The number of hydrogen-bond donors (Lipinski definition) is 0. The van der Waals surface area contributed by atoms with Gasteiger partial charge in [0.1, 0.15) is 0 Å². The van der Waals surface area contributed by atoms with E-state index in [9.17, 15) is 4.79 Å². The van der Waals surface area contributed by atoms with Gasteiger partial charge in [-0.3, -0.25) is 4.79 Å². The molecule has 2 rings (SSSR count). The van der Waals surface area contributed by atoms with Crippen LogP contribution in [-0.4, -0.2) is 5.78 Å². The summed E-state index contributed by atoms with van der Waals surface area (Å²) in [6.07, 6.45) is 8.80. The van der Waals surface area contributed by atoms with Crippen molar-refractivity contribution in [1.29, 1.82) is 0 Å². The summed E-state index contributed by atoms with van der Waals surface area (Å²) in [5.74, 6) is 0.492. The minimum atomic E-state index is 0.0487. The Hall–Kier alpha value is -0.830. The van der Waals surface area contributed by atoms with Gasteiger partial charge in [-0.05, 0) is 59.3 Å². The summed E-state index contributed by atoms with van der Waals surface area (Å²) in [7, 11) is 0. The Balaban J connectivity index is 2.13. The first kappa shape index (κ1) is 11.6. The molecule has 0 saturated carbocycles. The Morgan fingerprint density at radius 3 is 2.75 bits per heavy atom. The highest BCUT2D eigenvalue weighted by molar-refractivity contribution is 9.10. The van der Waals surface area contributed by atoms with Crippen LogP contribution in [-0.2, 0) is 0 Å². The molecule has 1 aliphatic rings. The maximum absolute atomic E-state index is 12.1. The second-order valence-corrected chi connectivity index (χ2v) is 4.90. The van der Waals surface area contributed by atoms with Crippen molar-refractivity contribution in [3.8, 4) is 0 Å². The van der Waals surface area contributed by atoms with E-state index in [2.05, 4.69) is 22.0 Å². The first-order valence-corrected chi connectivity index (χ1v) is 6.56. The Kier molecular flexibility index (Phi) is 3.99. The second-order valence-electron chi connectivity index (χ2n) is 4.12. The summed E-state index contributed by atoms with van der Waals surface area (Å²) in [6.45, 7) is 0. The first-order valence-electron chi connectivity index (χ1n) is 5.76. The summed E-state index contributed by atoms with van der Waals surface area (Å²) >= 11 is 3.21. The van der Waals surface area contributed by atoms with Crippen molar-refractivity contribution in [3.63, 3.8) is 0 Å². The van der Waals surface area contributed by atoms with Crippen molar-refractivity contribution >= 4 is 21.7 Å². The number of rotatable bonds is 2. The molecule has 0 unspecified atom stereocenters. The van der Waals surface area contributed by atoms with Gasteiger partial charge in [-0.25, -0.2) is 0 Å². The number of hydrogen-bond acceptors (Lipinski definition) is 2. The van der Waals surface area contributed by atoms with Crippen LogP contribution in [0.1, 0.15) is 49.1 Å². The quantitative estimate of drug-likeness (QED) is 0.748. The van der Waals surface area contributed by atoms with Crippen LogP contribution in [0, 0.1) is 0 Å². The second kappa shape index (κ2) is 5.48. The zero-order valence-electron chi connectivity index (χ0n) is 9.17. The van der Waals surface area contributed by atoms with E-state index in [4.69, 9.17) is 4.42 Å². The van der Waals surface area contributed by atoms with E-state index < -0.39 is 0 Å². The van der Waals surface area contributed by atoms with Crippen molar-refractivity contribution < 1.29 is 9.21 Å². The molecule has 16 heavy (non-hydrogen) atoms. The number of ketones is 1. The zero-order chi connectivity index (χ0) is 11.4. The van der Waals surface area contributed by atoms with Crippen LogP contribution < -0.4 is 0 Å². The minimum absolute atomic E-state index is 0.0487. The minimum Gasteiger partial charge on any atom is -0.446 e. The highest BCUT2D eigenvalue weighted by Gasteiger charge is 2.16. The number of Topliss-reactive ketones (excluding diaryl/α,β-unsaturated/α-hetero) is 1. The lowest BCUT2D eigenvalue weighted by molar-refractivity contribution is 0.0998. The molecule has 1 aliphatic carbocycles. The third-order valence-electron chi connectivity index (χ3n) is 2.88. The lowest BCUT2D eigenvalue weighted by Gasteiger charge is -2.08. The molecular weight excluding hydrogens is 268 g/mol. The largest absolute Gasteiger partial charge is 0.446 e. The van der Waals surface area contributed by atoms with Crippen LogP contribution >= 0.6 is 15.9 Å². The molecule has 0 aliphatic heterocycles. The molecule has 0 amide bonds. The number of carbonyl (C=O) groups excluding carboxylic acids is 1. The average molecular weight is 283 g/mol. The summed E-state index contributed by atoms with van der Waals surface area (Å²) in [6, 6.07) is 3.49. The van der Waals surface area contributed by atoms with Gasteiger partial charge in [0.15, 0.2) is 10.4 Å². The van der Waals surface area contributed by atoms with Crippen molar-refractivity contribution in [3.05, 3.63) is 34.2 Å². The summed E-state index contributed by atoms with van der Waals surface area (Å²) in [4.78, 5) is 12.1. The van der Waals surface area contributed by atoms with Gasteiger partial charge in [0.25, 0.3) is 0 Å². The monoisotopic (exact) mass is 282 g/mol. The van der Waals surface area contributed by atoms with Gasteiger partial charge in [-0.2, -0.15) is 0 Å². The van der Waals surface area contributed by atoms with Crippen molar-refractivity contribution in [2.45, 2.75) is 38.5 Å². The van der Waals surface area contributed by atoms with Crippen molar-refractivity contribution in [2.24, 2.45) is 0 Å². The van der Waals surface area contributed by atoms with Crippen LogP contribution in [0.3, 0.4) is 0 Å². The number of carbonyl (C=O) groups is 1. The number of allylic oxidation sites excluding steroid dienone is 2. The number of furan rings is 1. The van der Waals surface area contributed by atoms with E-state index in [0.717, 1.165) is 24.8 Å². The predicted octanol–water partition coefficient (Wildman–Crippen LogP) is 4.51. The maximum Gasteiger partial charge on any atom is 0.223 e. The zero-order valence-corrected chi connectivity index (χ0v) is 10.8. The molecule has 0 saturated heterocycles. The predicted molar refractivity (Wildman–Crippen MR) is 66.5 cm³/mol. The first-order chi connectivity index (χ1) is 7.77. The van der Waals surface area contributed by atoms with Crippen LogP contribution in [0.15, 0.2) is 32.9 Å². The molecule has 3 heteroatoms. The van der Waals surface area contributed by atoms with Gasteiger partial charge in [0.2, 0.25) is 5.78 Å². The molecule has 0 aromatic carbocycles. The van der Waals surface area contributed by atoms with Crippen molar-refractivity contribution in [1.82, 2.24) is 0 Å². The third kappa shape index (κ3) is 2.85. The molecule has 0 bridgehead atoms. The van der Waals surface area contributed by atoms with Gasteiger partial charge >= 0.3 is 0 Å². The van der Waals surface area contributed by atoms with Gasteiger partial charge in [0, 0.05) is 0 Å². The SMILES string of the molecule is O=C(/C1=C/CCCCCC1)c1ccc(Br)o1. The molecule has 0 fully saturated rings. The molecule has 1 heterocycles. The van der Waals surface area contributed by atoms with Crippen molar-refractivity contribution in [2.75, 3.05) is 0 Å². The standard InChI is InChI=1S/C13H15BrO2/c14-12-9-8-11(16-12)13(15)10-6-4-2-1-3-5-7-10/h6,8-9H,1-5,7H2/b10-6+. The average Bonchev–Trinajstić information content (AvgIpc) is 2.63. The van der Waals surface area contributed by atoms with Gasteiger partial charge in [-0.1, -0.05) is 18.9 Å². The Labute approximate surface area is 104 Å². The molecular formula is C13H15BrO2. The Morgan fingerprint density at radius 1 is 1.19 bits per heavy atom. The normalized spacial score (nSPS) is 20.7. The lowest BCUT2D eigenvalue weighted by Crippen LogP contribution is -2.04. The van der Waals surface area contributed by atoms with E-state index in [1.165, 1.54) is 19.3 Å². The summed E-state index contributed by atoms with van der Waals surface area (Å²) < 4.78 is 5.91. The lowest BCUT2D eigenvalue weighted by atomic mass is 9.96. The van der Waals surface area contributed by atoms with E-state index in [0.29, 0.717) is 10.4 Å². The van der Waals surface area contributed by atoms with Crippen LogP contribution in [0.2, 0.25) is 0 Å². The summed E-state index contributed by atoms with van der Waals surface area (Å²) in [5.41, 5.74) is 0.918. The Morgan fingerprint density at radius 2 is 2.00 bits per heavy atom. The molecule has 86 valence electrons. The fourth-order valence-corrected chi connectivity index (χ4v) is 2.30. The molecule has 0 atom stereocenters. The maximum atomic E-state index is 12.1. The molecule has 0 radical (unpaired) electrons. The van der Waals surface area contributed by atoms with E-state index in [1.54, 1.807) is 12.1 Å². The van der Waals surface area contributed by atoms with Crippen LogP contribution in [0.25, 0.3) is 0 Å². The molecule has 1 aromatic rings. The molecule has 2 nitrogen and oxygen atoms in total. The third-order valence-corrected chi connectivity index (χ3v) is 3.31. The van der Waals surface area contributed by atoms with E-state index in [1.807, 2.05) is 0 Å². The topological polar surface area (TPSA) is 30.2 Å². The summed E-state index contributed by atoms with van der Waals surface area (Å²) in [5, 5.41) is 0. The van der Waals surface area contributed by atoms with E-state index >= 15 is 0 Å². The smallest absolute Gasteiger partial charge is 0.223 e. The Bertz CT molecular complexity index is 404. The van der Waals surface area contributed by atoms with Crippen LogP contribution in [0.5, 0.6) is 0 Å². The highest BCUT2D eigenvalue weighted by Crippen LogP contribution is 2.22. The number of halogens is 1. The molecule has 0 spiro atoms. The van der Waals surface area contributed by atoms with E-state index in [-0.39, 0.29) is 5.78 Å².